The highest BCUT2D eigenvalue weighted by molar-refractivity contribution is 7.62. The molecule has 0 fully saturated rings. The van der Waals surface area contributed by atoms with E-state index in [1.165, 1.54) is 0 Å². The molecule has 1 aromatic carbocycles. The third-order valence-electron chi connectivity index (χ3n) is 2.66. The monoisotopic (exact) mass is 389 g/mol. The third kappa shape index (κ3) is 6.68. The summed E-state index contributed by atoms with van der Waals surface area (Å²) in [5, 5.41) is 0. The summed E-state index contributed by atoms with van der Waals surface area (Å²) < 4.78 is 28.4. The van der Waals surface area contributed by atoms with Gasteiger partial charge in [-0.15, -0.1) is 0 Å². The predicted molar refractivity (Wildman–Crippen MR) is 109 cm³/mol. The van der Waals surface area contributed by atoms with Crippen LogP contribution in [0.1, 0.15) is 0 Å². The highest BCUT2D eigenvalue weighted by atomic mass is 31.2. The second-order valence-corrected chi connectivity index (χ2v) is 25.1. The highest BCUT2D eigenvalue weighted by Gasteiger charge is 2.46. The molecule has 23 heavy (non-hydrogen) atoms. The molecule has 132 valence electrons. The van der Waals surface area contributed by atoms with E-state index in [4.69, 9.17) is 8.43 Å². The van der Waals surface area contributed by atoms with Crippen molar-refractivity contribution in [1.29, 1.82) is 0 Å². The Balaban J connectivity index is 3.48. The van der Waals surface area contributed by atoms with E-state index in [9.17, 15) is 4.57 Å². The number of benzene rings is 1. The molecular weight excluding hydrogens is 357 g/mol. The summed E-state index contributed by atoms with van der Waals surface area (Å²) in [6.45, 7) is 18.9. The fraction of sp³-hybridized carbons (Fsp3) is 0.600. The molecule has 0 radical (unpaired) electrons. The van der Waals surface area contributed by atoms with E-state index in [1.54, 1.807) is 0 Å². The number of nitrogens with zero attached hydrogens (tertiary/aromatic N) is 1. The number of para-hydroxylation sites is 1. The van der Waals surface area contributed by atoms with Crippen molar-refractivity contribution in [3.63, 3.8) is 0 Å². The van der Waals surface area contributed by atoms with Gasteiger partial charge in [-0.05, 0) is 51.4 Å². The number of anilines is 1. The normalized spacial score (nSPS) is 14.0. The van der Waals surface area contributed by atoms with E-state index in [-0.39, 0.29) is 0 Å². The van der Waals surface area contributed by atoms with E-state index in [1.807, 2.05) is 34.7 Å². The van der Waals surface area contributed by atoms with Crippen molar-refractivity contribution < 1.29 is 13.0 Å². The largest absolute Gasteiger partial charge is 0.407 e. The van der Waals surface area contributed by atoms with Gasteiger partial charge in [0.2, 0.25) is 0 Å². The maximum atomic E-state index is 14.0. The summed E-state index contributed by atoms with van der Waals surface area (Å²) in [7, 11) is -9.50. The lowest BCUT2D eigenvalue weighted by atomic mass is 10.3. The van der Waals surface area contributed by atoms with Gasteiger partial charge in [0.15, 0.2) is 24.9 Å². The first-order chi connectivity index (χ1) is 10.1. The molecule has 0 saturated heterocycles. The fourth-order valence-corrected chi connectivity index (χ4v) is 13.9. The van der Waals surface area contributed by atoms with E-state index >= 15 is 0 Å². The summed E-state index contributed by atoms with van der Waals surface area (Å²) in [6, 6.07) is 9.89. The van der Waals surface area contributed by atoms with Gasteiger partial charge in [0.1, 0.15) is 0 Å². The maximum absolute atomic E-state index is 14.0. The molecular formula is C15H32NO3PSi3. The minimum Gasteiger partial charge on any atom is -0.336 e. The van der Waals surface area contributed by atoms with Gasteiger partial charge in [0.05, 0.1) is 0 Å². The van der Waals surface area contributed by atoms with Crippen LogP contribution >= 0.6 is 7.75 Å². The van der Waals surface area contributed by atoms with Crippen LogP contribution < -0.4 is 4.34 Å². The average molecular weight is 390 g/mol. The molecule has 1 aromatic rings. The fourth-order valence-electron chi connectivity index (χ4n) is 2.26. The lowest BCUT2D eigenvalue weighted by Crippen LogP contribution is -2.48. The predicted octanol–water partition coefficient (Wildman–Crippen LogP) is 6.14. The van der Waals surface area contributed by atoms with Gasteiger partial charge in [-0.1, -0.05) is 37.8 Å². The van der Waals surface area contributed by atoms with Crippen molar-refractivity contribution in [1.82, 2.24) is 0 Å². The van der Waals surface area contributed by atoms with Gasteiger partial charge in [-0.3, -0.25) is 0 Å². The Bertz CT molecular complexity index is 542. The smallest absolute Gasteiger partial charge is 0.336 e. The summed E-state index contributed by atoms with van der Waals surface area (Å²) in [4.78, 5) is 0. The molecule has 4 nitrogen and oxygen atoms in total. The number of rotatable bonds is 7. The summed E-state index contributed by atoms with van der Waals surface area (Å²) in [6.07, 6.45) is 0. The van der Waals surface area contributed by atoms with Gasteiger partial charge in [0, 0.05) is 5.69 Å². The average Bonchev–Trinajstić information content (AvgIpc) is 2.21. The van der Waals surface area contributed by atoms with Crippen molar-refractivity contribution in [2.45, 2.75) is 58.9 Å². The van der Waals surface area contributed by atoms with E-state index < -0.39 is 32.6 Å². The van der Waals surface area contributed by atoms with Crippen LogP contribution in [0.3, 0.4) is 0 Å². The zero-order valence-electron chi connectivity index (χ0n) is 16.0. The molecule has 0 N–H and O–H groups in total. The quantitative estimate of drug-likeness (QED) is 0.415. The maximum Gasteiger partial charge on any atom is 0.407 e. The highest BCUT2D eigenvalue weighted by Crippen LogP contribution is 2.59. The van der Waals surface area contributed by atoms with Crippen LogP contribution in [-0.4, -0.2) is 24.9 Å². The van der Waals surface area contributed by atoms with Crippen LogP contribution in [0.4, 0.5) is 5.69 Å². The molecule has 0 unspecified atom stereocenters. The topological polar surface area (TPSA) is 38.8 Å². The zero-order chi connectivity index (χ0) is 18.1. The molecule has 0 bridgehead atoms. The molecule has 0 aliphatic rings. The second-order valence-electron chi connectivity index (χ2n) is 8.69. The Morgan fingerprint density at radius 1 is 0.783 bits per heavy atom. The molecule has 0 aliphatic heterocycles. The second kappa shape index (κ2) is 6.98. The molecule has 0 spiro atoms. The van der Waals surface area contributed by atoms with Crippen molar-refractivity contribution >= 4 is 38.3 Å². The van der Waals surface area contributed by atoms with Crippen LogP contribution in [-0.2, 0) is 13.0 Å². The molecule has 0 aliphatic carbocycles. The number of hydrogen-bond acceptors (Lipinski definition) is 3. The summed E-state index contributed by atoms with van der Waals surface area (Å²) in [5.74, 6) is 0. The summed E-state index contributed by atoms with van der Waals surface area (Å²) in [5.41, 5.74) is 0.923. The summed E-state index contributed by atoms with van der Waals surface area (Å²) >= 11 is 0. The zero-order valence-corrected chi connectivity index (χ0v) is 19.9. The van der Waals surface area contributed by atoms with Crippen LogP contribution in [0, 0.1) is 0 Å². The molecule has 0 aromatic heterocycles. The van der Waals surface area contributed by atoms with Crippen LogP contribution in [0.15, 0.2) is 30.3 Å². The Morgan fingerprint density at radius 2 is 1.17 bits per heavy atom. The lowest BCUT2D eigenvalue weighted by molar-refractivity contribution is 0.384. The first-order valence-corrected chi connectivity index (χ1v) is 19.8. The first-order valence-electron chi connectivity index (χ1n) is 8.01. The SMILES string of the molecule is C[Si](C)(C)OP(=O)(O[Si](C)(C)C)N(c1ccccc1)[Si](C)(C)C. The molecule has 1 rings (SSSR count). The molecule has 8 heteroatoms. The first kappa shape index (κ1) is 20.9. The Labute approximate surface area is 145 Å². The van der Waals surface area contributed by atoms with Crippen molar-refractivity contribution in [3.05, 3.63) is 30.3 Å². The molecule has 0 amide bonds. The number of hydrogen-bond donors (Lipinski definition) is 0. The van der Waals surface area contributed by atoms with E-state index in [2.05, 4.69) is 58.9 Å². The van der Waals surface area contributed by atoms with Crippen molar-refractivity contribution in [2.75, 3.05) is 4.34 Å². The molecule has 0 saturated carbocycles. The lowest BCUT2D eigenvalue weighted by Gasteiger charge is -2.44. The third-order valence-corrected chi connectivity index (χ3v) is 13.7. The van der Waals surface area contributed by atoms with Gasteiger partial charge >= 0.3 is 7.75 Å². The van der Waals surface area contributed by atoms with Crippen LogP contribution in [0.2, 0.25) is 58.9 Å². The minimum absolute atomic E-state index is 0.923. The van der Waals surface area contributed by atoms with Gasteiger partial charge in [-0.2, -0.15) is 0 Å². The minimum atomic E-state index is -3.40. The van der Waals surface area contributed by atoms with Gasteiger partial charge in [-0.25, -0.2) is 4.57 Å². The van der Waals surface area contributed by atoms with Gasteiger partial charge in [0.25, 0.3) is 0 Å². The van der Waals surface area contributed by atoms with Gasteiger partial charge < -0.3 is 12.8 Å². The van der Waals surface area contributed by atoms with Crippen LogP contribution in [0.25, 0.3) is 0 Å². The molecule has 0 heterocycles. The Hall–Kier alpha value is -0.179. The van der Waals surface area contributed by atoms with Crippen molar-refractivity contribution in [3.8, 4) is 0 Å². The van der Waals surface area contributed by atoms with E-state index in [0.29, 0.717) is 0 Å². The Kier molecular flexibility index (Phi) is 6.33. The molecule has 0 atom stereocenters. The van der Waals surface area contributed by atoms with Crippen molar-refractivity contribution in [2.24, 2.45) is 0 Å². The Morgan fingerprint density at radius 3 is 1.48 bits per heavy atom. The van der Waals surface area contributed by atoms with Crippen LogP contribution in [0.5, 0.6) is 0 Å². The standard InChI is InChI=1S/C15H32NO3PSi3/c1-21(2,3)16(15-13-11-10-12-14-15)20(17,18-22(4,5)6)19-23(7,8)9/h10-14H,1-9H3. The van der Waals surface area contributed by atoms with E-state index in [0.717, 1.165) is 5.69 Å².